The molecule has 1 aromatic rings. The summed E-state index contributed by atoms with van der Waals surface area (Å²) in [4.78, 5) is 13.1. The summed E-state index contributed by atoms with van der Waals surface area (Å²) in [7, 11) is 0. The van der Waals surface area contributed by atoms with Crippen molar-refractivity contribution in [2.24, 2.45) is 0 Å². The second-order valence-corrected chi connectivity index (χ2v) is 4.13. The molecule has 0 aliphatic carbocycles. The monoisotopic (exact) mass is 223 g/mol. The molecular formula is C12H14ClNO. The third kappa shape index (κ3) is 2.00. The highest BCUT2D eigenvalue weighted by molar-refractivity contribution is 6.18. The lowest BCUT2D eigenvalue weighted by atomic mass is 9.96. The molecule has 15 heavy (non-hydrogen) atoms. The summed E-state index contributed by atoms with van der Waals surface area (Å²) in [6.45, 7) is 0.738. The Hall–Kier alpha value is -1.02. The molecule has 0 N–H and O–H groups in total. The van der Waals surface area contributed by atoms with Crippen LogP contribution in [0.1, 0.15) is 12.0 Å². The number of aldehydes is 1. The van der Waals surface area contributed by atoms with E-state index < -0.39 is 0 Å². The largest absolute Gasteiger partial charge is 0.360 e. The number of nitrogens with zero attached hydrogens (tertiary/aromatic N) is 1. The van der Waals surface area contributed by atoms with Gasteiger partial charge in [-0.3, -0.25) is 0 Å². The molecule has 1 unspecified atom stereocenters. The summed E-state index contributed by atoms with van der Waals surface area (Å²) in [5, 5.41) is 0. The first kappa shape index (κ1) is 10.5. The van der Waals surface area contributed by atoms with Crippen LogP contribution in [0.25, 0.3) is 0 Å². The Kier molecular flexibility index (Phi) is 3.27. The molecule has 1 aliphatic rings. The number of anilines is 1. The van der Waals surface area contributed by atoms with Gasteiger partial charge in [0, 0.05) is 18.1 Å². The normalized spacial score (nSPS) is 19.8. The van der Waals surface area contributed by atoms with Crippen LogP contribution in [-0.4, -0.2) is 24.8 Å². The van der Waals surface area contributed by atoms with E-state index in [-0.39, 0.29) is 6.04 Å². The maximum atomic E-state index is 11.0. The fraction of sp³-hybridized carbons (Fsp3) is 0.417. The van der Waals surface area contributed by atoms with Crippen molar-refractivity contribution in [1.29, 1.82) is 0 Å². The van der Waals surface area contributed by atoms with Gasteiger partial charge in [0.25, 0.3) is 0 Å². The molecule has 1 aliphatic heterocycles. The standard InChI is InChI=1S/C12H14ClNO/c13-7-8-14-11(9-15)6-5-10-3-1-2-4-12(10)14/h1-4,9,11H,5-8H2. The summed E-state index contributed by atoms with van der Waals surface area (Å²) in [5.41, 5.74) is 2.49. The fourth-order valence-electron chi connectivity index (χ4n) is 2.16. The van der Waals surface area contributed by atoms with Crippen LogP contribution >= 0.6 is 11.6 Å². The minimum Gasteiger partial charge on any atom is -0.360 e. The van der Waals surface area contributed by atoms with Crippen LogP contribution in [0.2, 0.25) is 0 Å². The van der Waals surface area contributed by atoms with Crippen LogP contribution < -0.4 is 4.90 Å². The predicted molar refractivity (Wildman–Crippen MR) is 62.7 cm³/mol. The van der Waals surface area contributed by atoms with E-state index in [1.54, 1.807) is 0 Å². The first-order chi connectivity index (χ1) is 7.36. The molecule has 0 amide bonds. The Balaban J connectivity index is 2.33. The topological polar surface area (TPSA) is 20.3 Å². The van der Waals surface area contributed by atoms with Crippen LogP contribution in [0.3, 0.4) is 0 Å². The number of benzene rings is 1. The van der Waals surface area contributed by atoms with Gasteiger partial charge in [-0.2, -0.15) is 0 Å². The summed E-state index contributed by atoms with van der Waals surface area (Å²) in [5.74, 6) is 0.554. The molecule has 0 spiro atoms. The van der Waals surface area contributed by atoms with Gasteiger partial charge in [0.2, 0.25) is 0 Å². The van der Waals surface area contributed by atoms with Gasteiger partial charge in [-0.05, 0) is 24.5 Å². The average molecular weight is 224 g/mol. The van der Waals surface area contributed by atoms with E-state index in [0.29, 0.717) is 5.88 Å². The van der Waals surface area contributed by atoms with E-state index in [0.717, 1.165) is 25.7 Å². The number of hydrogen-bond donors (Lipinski definition) is 0. The Morgan fingerprint density at radius 3 is 3.00 bits per heavy atom. The lowest BCUT2D eigenvalue weighted by Crippen LogP contribution is -2.41. The maximum Gasteiger partial charge on any atom is 0.142 e. The van der Waals surface area contributed by atoms with Crippen LogP contribution in [0.4, 0.5) is 5.69 Å². The van der Waals surface area contributed by atoms with E-state index in [2.05, 4.69) is 17.0 Å². The second-order valence-electron chi connectivity index (χ2n) is 3.75. The van der Waals surface area contributed by atoms with E-state index in [4.69, 9.17) is 11.6 Å². The van der Waals surface area contributed by atoms with E-state index >= 15 is 0 Å². The van der Waals surface area contributed by atoms with Crippen LogP contribution in [0.5, 0.6) is 0 Å². The van der Waals surface area contributed by atoms with Gasteiger partial charge in [-0.15, -0.1) is 11.6 Å². The molecule has 0 radical (unpaired) electrons. The smallest absolute Gasteiger partial charge is 0.142 e. The zero-order chi connectivity index (χ0) is 10.7. The molecule has 1 atom stereocenters. The van der Waals surface area contributed by atoms with Gasteiger partial charge in [-0.25, -0.2) is 0 Å². The number of aryl methyl sites for hydroxylation is 1. The van der Waals surface area contributed by atoms with Crippen molar-refractivity contribution in [3.05, 3.63) is 29.8 Å². The maximum absolute atomic E-state index is 11.0. The van der Waals surface area contributed by atoms with Gasteiger partial charge < -0.3 is 9.69 Å². The minimum absolute atomic E-state index is 0.00125. The number of hydrogen-bond acceptors (Lipinski definition) is 2. The van der Waals surface area contributed by atoms with Crippen molar-refractivity contribution in [2.75, 3.05) is 17.3 Å². The molecule has 0 fully saturated rings. The summed E-state index contributed by atoms with van der Waals surface area (Å²) >= 11 is 5.77. The highest BCUT2D eigenvalue weighted by Gasteiger charge is 2.24. The zero-order valence-electron chi connectivity index (χ0n) is 8.53. The van der Waals surface area contributed by atoms with E-state index in [9.17, 15) is 4.79 Å². The van der Waals surface area contributed by atoms with Crippen molar-refractivity contribution in [1.82, 2.24) is 0 Å². The second kappa shape index (κ2) is 4.67. The first-order valence-corrected chi connectivity index (χ1v) is 5.76. The molecule has 2 nitrogen and oxygen atoms in total. The minimum atomic E-state index is -0.00125. The zero-order valence-corrected chi connectivity index (χ0v) is 9.28. The number of fused-ring (bicyclic) bond motifs is 1. The van der Waals surface area contributed by atoms with Gasteiger partial charge in [0.05, 0.1) is 6.04 Å². The number of alkyl halides is 1. The first-order valence-electron chi connectivity index (χ1n) is 5.22. The number of rotatable bonds is 3. The Labute approximate surface area is 94.8 Å². The summed E-state index contributed by atoms with van der Waals surface area (Å²) < 4.78 is 0. The van der Waals surface area contributed by atoms with Crippen molar-refractivity contribution < 1.29 is 4.79 Å². The summed E-state index contributed by atoms with van der Waals surface area (Å²) in [6, 6.07) is 8.24. The Morgan fingerprint density at radius 1 is 1.47 bits per heavy atom. The number of carbonyl (C=O) groups excluding carboxylic acids is 1. The van der Waals surface area contributed by atoms with E-state index in [1.807, 2.05) is 12.1 Å². The quantitative estimate of drug-likeness (QED) is 0.579. The number of carbonyl (C=O) groups is 1. The molecule has 2 rings (SSSR count). The van der Waals surface area contributed by atoms with Gasteiger partial charge in [-0.1, -0.05) is 18.2 Å². The van der Waals surface area contributed by atoms with E-state index in [1.165, 1.54) is 11.3 Å². The third-order valence-corrected chi connectivity index (χ3v) is 3.06. The van der Waals surface area contributed by atoms with Gasteiger partial charge in [0.15, 0.2) is 0 Å². The lowest BCUT2D eigenvalue weighted by Gasteiger charge is -2.35. The highest BCUT2D eigenvalue weighted by atomic mass is 35.5. The van der Waals surface area contributed by atoms with Crippen molar-refractivity contribution >= 4 is 23.6 Å². The van der Waals surface area contributed by atoms with Gasteiger partial charge >= 0.3 is 0 Å². The SMILES string of the molecule is O=CC1CCc2ccccc2N1CCCl. The molecule has 0 aromatic heterocycles. The van der Waals surface area contributed by atoms with Crippen molar-refractivity contribution in [3.63, 3.8) is 0 Å². The molecule has 1 heterocycles. The predicted octanol–water partition coefficient (Wildman–Crippen LogP) is 2.25. The highest BCUT2D eigenvalue weighted by Crippen LogP contribution is 2.29. The Morgan fingerprint density at radius 2 is 2.27 bits per heavy atom. The summed E-state index contributed by atoms with van der Waals surface area (Å²) in [6.07, 6.45) is 2.91. The molecule has 0 saturated carbocycles. The molecule has 80 valence electrons. The molecule has 0 bridgehead atoms. The number of para-hydroxylation sites is 1. The van der Waals surface area contributed by atoms with Gasteiger partial charge in [0.1, 0.15) is 6.29 Å². The molecule has 3 heteroatoms. The van der Waals surface area contributed by atoms with Crippen LogP contribution in [0, 0.1) is 0 Å². The third-order valence-electron chi connectivity index (χ3n) is 2.89. The lowest BCUT2D eigenvalue weighted by molar-refractivity contribution is -0.109. The fourth-order valence-corrected chi connectivity index (χ4v) is 2.34. The van der Waals surface area contributed by atoms with Crippen LogP contribution in [-0.2, 0) is 11.2 Å². The average Bonchev–Trinajstić information content (AvgIpc) is 2.30. The van der Waals surface area contributed by atoms with Crippen molar-refractivity contribution in [3.8, 4) is 0 Å². The van der Waals surface area contributed by atoms with Crippen molar-refractivity contribution in [2.45, 2.75) is 18.9 Å². The van der Waals surface area contributed by atoms with Crippen LogP contribution in [0.15, 0.2) is 24.3 Å². The molecule has 0 saturated heterocycles. The Bertz CT molecular complexity index is 353. The number of halogens is 1. The molecule has 1 aromatic carbocycles. The molecular weight excluding hydrogens is 210 g/mol.